The highest BCUT2D eigenvalue weighted by Crippen LogP contribution is 2.45. The Kier molecular flexibility index (Phi) is 11.6. The molecule has 2 heterocycles. The Balaban J connectivity index is 1.68. The van der Waals surface area contributed by atoms with Crippen LogP contribution in [-0.4, -0.2) is 50.1 Å². The van der Waals surface area contributed by atoms with Gasteiger partial charge in [0.15, 0.2) is 0 Å². The molecular weight excluding hydrogens is 394 g/mol. The van der Waals surface area contributed by atoms with Crippen molar-refractivity contribution >= 4 is 17.7 Å². The van der Waals surface area contributed by atoms with E-state index in [2.05, 4.69) is 35.0 Å². The van der Waals surface area contributed by atoms with E-state index in [1.165, 1.54) is 19.3 Å². The Hall–Kier alpha value is -1.89. The van der Waals surface area contributed by atoms with Gasteiger partial charge in [-0.3, -0.25) is 14.4 Å². The highest BCUT2D eigenvalue weighted by Gasteiger charge is 2.51. The number of carbonyl (C=O) groups is 3. The molecule has 2 rings (SSSR count). The molecule has 0 aromatic carbocycles. The second-order valence-electron chi connectivity index (χ2n) is 8.73. The van der Waals surface area contributed by atoms with E-state index >= 15 is 0 Å². The van der Waals surface area contributed by atoms with Gasteiger partial charge in [0.2, 0.25) is 17.7 Å². The first-order valence-electron chi connectivity index (χ1n) is 12.1. The molecule has 0 saturated carbocycles. The third-order valence-electron chi connectivity index (χ3n) is 6.38. The lowest BCUT2D eigenvalue weighted by Crippen LogP contribution is -2.44. The maximum atomic E-state index is 12.8. The molecule has 2 aliphatic rings. The Morgan fingerprint density at radius 1 is 0.935 bits per heavy atom. The van der Waals surface area contributed by atoms with Crippen LogP contribution in [0.2, 0.25) is 0 Å². The first-order valence-corrected chi connectivity index (χ1v) is 12.1. The second kappa shape index (κ2) is 14.2. The van der Waals surface area contributed by atoms with Crippen LogP contribution in [0.4, 0.5) is 0 Å². The highest BCUT2D eigenvalue weighted by molar-refractivity contribution is 5.86. The predicted molar refractivity (Wildman–Crippen MR) is 121 cm³/mol. The van der Waals surface area contributed by atoms with Crippen molar-refractivity contribution in [2.45, 2.75) is 89.8 Å². The first kappa shape index (κ1) is 25.4. The third kappa shape index (κ3) is 8.63. The van der Waals surface area contributed by atoms with Gasteiger partial charge in [0.25, 0.3) is 0 Å². The van der Waals surface area contributed by atoms with Crippen molar-refractivity contribution in [2.75, 3.05) is 20.1 Å². The van der Waals surface area contributed by atoms with E-state index in [4.69, 9.17) is 4.74 Å². The van der Waals surface area contributed by atoms with Crippen molar-refractivity contribution in [2.24, 2.45) is 11.8 Å². The van der Waals surface area contributed by atoms with Crippen molar-refractivity contribution in [3.8, 4) is 0 Å². The molecule has 0 unspecified atom stereocenters. The lowest BCUT2D eigenvalue weighted by Gasteiger charge is -2.26. The number of amides is 3. The monoisotopic (exact) mass is 435 g/mol. The van der Waals surface area contributed by atoms with Crippen LogP contribution in [0.5, 0.6) is 0 Å². The number of allylic oxidation sites excluding steroid dienone is 2. The van der Waals surface area contributed by atoms with Gasteiger partial charge in [-0.2, -0.15) is 0 Å². The van der Waals surface area contributed by atoms with Gasteiger partial charge in [0.1, 0.15) is 0 Å². The fourth-order valence-electron chi connectivity index (χ4n) is 4.62. The Labute approximate surface area is 187 Å². The summed E-state index contributed by atoms with van der Waals surface area (Å²) in [6, 6.07) is 0. The van der Waals surface area contributed by atoms with E-state index in [1.54, 1.807) is 7.05 Å². The van der Waals surface area contributed by atoms with Crippen LogP contribution in [0.1, 0.15) is 77.6 Å². The summed E-state index contributed by atoms with van der Waals surface area (Å²) in [5, 5.41) is 8.35. The van der Waals surface area contributed by atoms with Crippen molar-refractivity contribution in [1.82, 2.24) is 16.0 Å². The molecule has 2 bridgehead atoms. The normalized spacial score (nSPS) is 24.5. The quantitative estimate of drug-likeness (QED) is 0.272. The molecule has 3 N–H and O–H groups in total. The number of ether oxygens (including phenoxy) is 1. The SMILES string of the molecule is CCCCCCCNC(=O)CNC(=O)[C@H]1[C@@H](C/C=C\CCCC(=O)NC)[C@H]2CC[C@@H]1O2. The average molecular weight is 436 g/mol. The summed E-state index contributed by atoms with van der Waals surface area (Å²) in [5.41, 5.74) is 0. The van der Waals surface area contributed by atoms with Gasteiger partial charge in [-0.15, -0.1) is 0 Å². The highest BCUT2D eigenvalue weighted by atomic mass is 16.5. The molecule has 0 radical (unpaired) electrons. The van der Waals surface area contributed by atoms with Crippen LogP contribution >= 0.6 is 0 Å². The van der Waals surface area contributed by atoms with Gasteiger partial charge < -0.3 is 20.7 Å². The Bertz CT molecular complexity index is 608. The predicted octanol–water partition coefficient (Wildman–Crippen LogP) is 2.85. The molecule has 7 nitrogen and oxygen atoms in total. The summed E-state index contributed by atoms with van der Waals surface area (Å²) < 4.78 is 6.01. The topological polar surface area (TPSA) is 96.5 Å². The molecule has 0 aromatic rings. The molecule has 2 aliphatic heterocycles. The van der Waals surface area contributed by atoms with Crippen LogP contribution < -0.4 is 16.0 Å². The summed E-state index contributed by atoms with van der Waals surface area (Å²) >= 11 is 0. The summed E-state index contributed by atoms with van der Waals surface area (Å²) in [6.45, 7) is 2.88. The molecule has 0 aromatic heterocycles. The van der Waals surface area contributed by atoms with E-state index in [0.29, 0.717) is 13.0 Å². The van der Waals surface area contributed by atoms with E-state index in [9.17, 15) is 14.4 Å². The molecule has 7 heteroatoms. The Morgan fingerprint density at radius 3 is 2.48 bits per heavy atom. The molecule has 3 amide bonds. The van der Waals surface area contributed by atoms with Crippen molar-refractivity contribution in [3.63, 3.8) is 0 Å². The number of hydrogen-bond donors (Lipinski definition) is 3. The molecule has 31 heavy (non-hydrogen) atoms. The van der Waals surface area contributed by atoms with E-state index in [1.807, 2.05) is 0 Å². The molecule has 0 aliphatic carbocycles. The van der Waals surface area contributed by atoms with Crippen LogP contribution in [0, 0.1) is 11.8 Å². The van der Waals surface area contributed by atoms with Crippen LogP contribution in [0.15, 0.2) is 12.2 Å². The zero-order valence-electron chi connectivity index (χ0n) is 19.3. The average Bonchev–Trinajstić information content (AvgIpc) is 3.38. The minimum absolute atomic E-state index is 0.0294. The maximum Gasteiger partial charge on any atom is 0.239 e. The molecular formula is C24H41N3O4. The zero-order chi connectivity index (χ0) is 22.5. The lowest BCUT2D eigenvalue weighted by molar-refractivity contribution is -0.130. The first-order chi connectivity index (χ1) is 15.1. The van der Waals surface area contributed by atoms with Gasteiger partial charge in [-0.1, -0.05) is 44.8 Å². The van der Waals surface area contributed by atoms with Crippen molar-refractivity contribution in [3.05, 3.63) is 12.2 Å². The number of rotatable bonds is 15. The number of fused-ring (bicyclic) bond motifs is 2. The van der Waals surface area contributed by atoms with Crippen molar-refractivity contribution in [1.29, 1.82) is 0 Å². The summed E-state index contributed by atoms with van der Waals surface area (Å²) in [7, 11) is 1.65. The summed E-state index contributed by atoms with van der Waals surface area (Å²) in [6.07, 6.45) is 15.0. The molecule has 0 spiro atoms. The standard InChI is InChI=1S/C24H41N3O4/c1-3-4-5-8-11-16-26-22(29)17-27-24(30)23-18(19-14-15-20(23)31-19)12-9-6-7-10-13-21(28)25-2/h6,9,18-20,23H,3-5,7-8,10-17H2,1-2H3,(H,25,28)(H,26,29)(H,27,30)/b9-6-/t18-,19+,20-,23-/m0/s1. The van der Waals surface area contributed by atoms with Crippen molar-refractivity contribution < 1.29 is 19.1 Å². The van der Waals surface area contributed by atoms with Crippen LogP contribution in [-0.2, 0) is 19.1 Å². The van der Waals surface area contributed by atoms with Gasteiger partial charge in [0.05, 0.1) is 24.7 Å². The molecule has 2 saturated heterocycles. The smallest absolute Gasteiger partial charge is 0.239 e. The minimum Gasteiger partial charge on any atom is -0.374 e. The van der Waals surface area contributed by atoms with E-state index in [0.717, 1.165) is 44.9 Å². The third-order valence-corrected chi connectivity index (χ3v) is 6.38. The van der Waals surface area contributed by atoms with E-state index < -0.39 is 0 Å². The molecule has 2 fully saturated rings. The number of hydrogen-bond acceptors (Lipinski definition) is 4. The summed E-state index contributed by atoms with van der Waals surface area (Å²) in [4.78, 5) is 36.1. The minimum atomic E-state index is -0.184. The Morgan fingerprint density at radius 2 is 1.71 bits per heavy atom. The fraction of sp³-hybridized carbons (Fsp3) is 0.792. The van der Waals surface area contributed by atoms with Crippen LogP contribution in [0.25, 0.3) is 0 Å². The number of carbonyl (C=O) groups excluding carboxylic acids is 3. The number of nitrogens with one attached hydrogen (secondary N) is 3. The van der Waals surface area contributed by atoms with Gasteiger partial charge in [-0.05, 0) is 38.5 Å². The largest absolute Gasteiger partial charge is 0.374 e. The van der Waals surface area contributed by atoms with Gasteiger partial charge >= 0.3 is 0 Å². The van der Waals surface area contributed by atoms with Crippen LogP contribution in [0.3, 0.4) is 0 Å². The fourth-order valence-corrected chi connectivity index (χ4v) is 4.62. The molecule has 4 atom stereocenters. The number of unbranched alkanes of at least 4 members (excludes halogenated alkanes) is 5. The van der Waals surface area contributed by atoms with Gasteiger partial charge in [0, 0.05) is 25.9 Å². The maximum absolute atomic E-state index is 12.8. The zero-order valence-corrected chi connectivity index (χ0v) is 19.3. The van der Waals surface area contributed by atoms with E-state index in [-0.39, 0.29) is 48.3 Å². The molecule has 176 valence electrons. The lowest BCUT2D eigenvalue weighted by atomic mass is 9.77. The van der Waals surface area contributed by atoms with Gasteiger partial charge in [-0.25, -0.2) is 0 Å². The summed E-state index contributed by atoms with van der Waals surface area (Å²) in [5.74, 6) is -0.150. The second-order valence-corrected chi connectivity index (χ2v) is 8.73.